The van der Waals surface area contributed by atoms with Crippen molar-refractivity contribution in [2.24, 2.45) is 0 Å². The second-order valence-corrected chi connectivity index (χ2v) is 6.09. The van der Waals surface area contributed by atoms with Crippen LogP contribution in [0.5, 0.6) is 0 Å². The number of aliphatic hydroxyl groups is 1. The Morgan fingerprint density at radius 1 is 1.08 bits per heavy atom. The molecule has 132 valence electrons. The van der Waals surface area contributed by atoms with Crippen LogP contribution in [-0.2, 0) is 9.59 Å². The van der Waals surface area contributed by atoms with E-state index in [0.717, 1.165) is 18.8 Å². The Labute approximate surface area is 143 Å². The number of carbonyl (C=O) groups excluding carboxylic acids is 2. The van der Waals surface area contributed by atoms with Gasteiger partial charge in [-0.15, -0.1) is 0 Å². The van der Waals surface area contributed by atoms with E-state index in [4.69, 9.17) is 5.11 Å². The van der Waals surface area contributed by atoms with Crippen molar-refractivity contribution in [3.63, 3.8) is 0 Å². The van der Waals surface area contributed by atoms with E-state index in [0.29, 0.717) is 38.9 Å². The molecule has 0 aromatic heterocycles. The molecule has 0 aliphatic carbocycles. The van der Waals surface area contributed by atoms with Crippen LogP contribution >= 0.6 is 0 Å². The molecule has 0 atom stereocenters. The third-order valence-corrected chi connectivity index (χ3v) is 4.44. The summed E-state index contributed by atoms with van der Waals surface area (Å²) in [5, 5.41) is 8.93. The van der Waals surface area contributed by atoms with Crippen LogP contribution in [0.2, 0.25) is 0 Å². The van der Waals surface area contributed by atoms with E-state index in [-0.39, 0.29) is 18.4 Å². The molecule has 1 aromatic carbocycles. The van der Waals surface area contributed by atoms with Gasteiger partial charge >= 0.3 is 0 Å². The fraction of sp³-hybridized carbons (Fsp3) is 0.556. The molecule has 2 amide bonds. The monoisotopic (exact) mass is 333 g/mol. The first-order chi connectivity index (χ1) is 11.6. The molecule has 1 aromatic rings. The van der Waals surface area contributed by atoms with Gasteiger partial charge in [0, 0.05) is 58.3 Å². The molecule has 1 saturated heterocycles. The molecule has 1 fully saturated rings. The van der Waals surface area contributed by atoms with Crippen molar-refractivity contribution in [3.05, 3.63) is 30.3 Å². The van der Waals surface area contributed by atoms with Crippen molar-refractivity contribution in [2.45, 2.75) is 19.3 Å². The Hall–Kier alpha value is -1.92. The van der Waals surface area contributed by atoms with Gasteiger partial charge in [0.1, 0.15) is 0 Å². The number of para-hydroxylation sites is 1. The molecular weight excluding hydrogens is 306 g/mol. The number of hydrogen-bond acceptors (Lipinski definition) is 4. The number of hydrogen-bond donors (Lipinski definition) is 1. The third kappa shape index (κ3) is 5.32. The van der Waals surface area contributed by atoms with Gasteiger partial charge in [-0.2, -0.15) is 0 Å². The Bertz CT molecular complexity index is 528. The Kier molecular flexibility index (Phi) is 7.21. The summed E-state index contributed by atoms with van der Waals surface area (Å²) in [5.74, 6) is 0.149. The molecule has 24 heavy (non-hydrogen) atoms. The zero-order valence-corrected chi connectivity index (χ0v) is 14.4. The van der Waals surface area contributed by atoms with Crippen molar-refractivity contribution in [3.8, 4) is 0 Å². The lowest BCUT2D eigenvalue weighted by Gasteiger charge is -2.34. The minimum absolute atomic E-state index is 0.0294. The van der Waals surface area contributed by atoms with Crippen LogP contribution in [0.4, 0.5) is 5.69 Å². The van der Waals surface area contributed by atoms with E-state index in [9.17, 15) is 9.59 Å². The van der Waals surface area contributed by atoms with Gasteiger partial charge in [0.05, 0.1) is 6.61 Å². The van der Waals surface area contributed by atoms with Gasteiger partial charge in [-0.25, -0.2) is 0 Å². The number of amides is 2. The summed E-state index contributed by atoms with van der Waals surface area (Å²) in [5.41, 5.74) is 0.869. The lowest BCUT2D eigenvalue weighted by Crippen LogP contribution is -2.49. The van der Waals surface area contributed by atoms with Crippen molar-refractivity contribution in [2.75, 3.05) is 51.3 Å². The number of β-amino-alcohol motifs (C(OH)–C–C–N with tert-alkyl or cyclic N) is 1. The Morgan fingerprint density at radius 3 is 2.38 bits per heavy atom. The highest BCUT2D eigenvalue weighted by Gasteiger charge is 2.20. The summed E-state index contributed by atoms with van der Waals surface area (Å²) in [6, 6.07) is 9.52. The summed E-state index contributed by atoms with van der Waals surface area (Å²) in [6.07, 6.45) is 1.36. The summed E-state index contributed by atoms with van der Waals surface area (Å²) in [4.78, 5) is 30.1. The molecule has 1 aliphatic rings. The minimum atomic E-state index is 0.0294. The number of nitrogens with zero attached hydrogens (tertiary/aromatic N) is 3. The highest BCUT2D eigenvalue weighted by molar-refractivity contribution is 5.93. The van der Waals surface area contributed by atoms with Gasteiger partial charge in [-0.1, -0.05) is 18.2 Å². The molecule has 1 N–H and O–H groups in total. The molecular formula is C18H27N3O3. The molecule has 6 nitrogen and oxygen atoms in total. The maximum absolute atomic E-state index is 12.2. The molecule has 1 aliphatic heterocycles. The lowest BCUT2D eigenvalue weighted by molar-refractivity contribution is -0.133. The summed E-state index contributed by atoms with van der Waals surface area (Å²) >= 11 is 0. The van der Waals surface area contributed by atoms with Gasteiger partial charge in [0.2, 0.25) is 11.8 Å². The first-order valence-electron chi connectivity index (χ1n) is 8.54. The highest BCUT2D eigenvalue weighted by atomic mass is 16.3. The molecule has 0 spiro atoms. The van der Waals surface area contributed by atoms with Crippen molar-refractivity contribution >= 4 is 17.5 Å². The second kappa shape index (κ2) is 9.39. The maximum Gasteiger partial charge on any atom is 0.226 e. The van der Waals surface area contributed by atoms with Crippen LogP contribution in [0.3, 0.4) is 0 Å². The zero-order chi connectivity index (χ0) is 17.4. The molecule has 6 heteroatoms. The number of carbonyl (C=O) groups is 2. The zero-order valence-electron chi connectivity index (χ0n) is 14.4. The normalized spacial score (nSPS) is 15.3. The quantitative estimate of drug-likeness (QED) is 0.807. The SMILES string of the molecule is CN(C(=O)CCCC(=O)N1CCN(CCO)CC1)c1ccccc1. The van der Waals surface area contributed by atoms with E-state index in [2.05, 4.69) is 4.90 Å². The largest absolute Gasteiger partial charge is 0.395 e. The summed E-state index contributed by atoms with van der Waals surface area (Å²) < 4.78 is 0. The average Bonchev–Trinajstić information content (AvgIpc) is 2.62. The van der Waals surface area contributed by atoms with Gasteiger partial charge in [-0.3, -0.25) is 14.5 Å². The van der Waals surface area contributed by atoms with Crippen LogP contribution < -0.4 is 4.90 Å². The molecule has 2 rings (SSSR count). The molecule has 1 heterocycles. The molecule has 0 bridgehead atoms. The third-order valence-electron chi connectivity index (χ3n) is 4.44. The fourth-order valence-electron chi connectivity index (χ4n) is 2.87. The first kappa shape index (κ1) is 18.4. The molecule has 0 unspecified atom stereocenters. The van der Waals surface area contributed by atoms with Crippen molar-refractivity contribution < 1.29 is 14.7 Å². The number of benzene rings is 1. The second-order valence-electron chi connectivity index (χ2n) is 6.09. The first-order valence-corrected chi connectivity index (χ1v) is 8.54. The fourth-order valence-corrected chi connectivity index (χ4v) is 2.87. The van der Waals surface area contributed by atoms with Crippen LogP contribution in [-0.4, -0.2) is 73.1 Å². The Balaban J connectivity index is 1.68. The Morgan fingerprint density at radius 2 is 1.75 bits per heavy atom. The van der Waals surface area contributed by atoms with Crippen molar-refractivity contribution in [1.82, 2.24) is 9.80 Å². The number of anilines is 1. The van der Waals surface area contributed by atoms with Crippen molar-refractivity contribution in [1.29, 1.82) is 0 Å². The summed E-state index contributed by atoms with van der Waals surface area (Å²) in [7, 11) is 1.76. The molecule has 0 radical (unpaired) electrons. The standard InChI is InChI=1S/C18H27N3O3/c1-19(16-6-3-2-4-7-16)17(23)8-5-9-18(24)21-12-10-20(11-13-21)14-15-22/h2-4,6-7,22H,5,8-15H2,1H3. The summed E-state index contributed by atoms with van der Waals surface area (Å²) in [6.45, 7) is 3.85. The predicted octanol–water partition coefficient (Wildman–Crippen LogP) is 0.956. The van der Waals surface area contributed by atoms with Crippen LogP contribution in [0.1, 0.15) is 19.3 Å². The number of rotatable bonds is 7. The van der Waals surface area contributed by atoms with E-state index in [1.165, 1.54) is 0 Å². The van der Waals surface area contributed by atoms with Gasteiger partial charge in [0.25, 0.3) is 0 Å². The smallest absolute Gasteiger partial charge is 0.226 e. The van der Waals surface area contributed by atoms with Gasteiger partial charge in [-0.05, 0) is 18.6 Å². The minimum Gasteiger partial charge on any atom is -0.395 e. The molecule has 0 saturated carbocycles. The van der Waals surface area contributed by atoms with Crippen LogP contribution in [0.25, 0.3) is 0 Å². The number of piperazine rings is 1. The van der Waals surface area contributed by atoms with E-state index < -0.39 is 0 Å². The lowest BCUT2D eigenvalue weighted by atomic mass is 10.2. The van der Waals surface area contributed by atoms with Crippen LogP contribution in [0, 0.1) is 0 Å². The predicted molar refractivity (Wildman–Crippen MR) is 93.8 cm³/mol. The average molecular weight is 333 g/mol. The van der Waals surface area contributed by atoms with Gasteiger partial charge in [0.15, 0.2) is 0 Å². The van der Waals surface area contributed by atoms with E-state index in [1.807, 2.05) is 35.2 Å². The number of aliphatic hydroxyl groups excluding tert-OH is 1. The van der Waals surface area contributed by atoms with E-state index >= 15 is 0 Å². The highest BCUT2D eigenvalue weighted by Crippen LogP contribution is 2.14. The van der Waals surface area contributed by atoms with Gasteiger partial charge < -0.3 is 14.9 Å². The topological polar surface area (TPSA) is 64.1 Å². The van der Waals surface area contributed by atoms with Crippen LogP contribution in [0.15, 0.2) is 30.3 Å². The van der Waals surface area contributed by atoms with E-state index in [1.54, 1.807) is 11.9 Å². The maximum atomic E-state index is 12.2.